The Labute approximate surface area is 96.3 Å². The van der Waals surface area contributed by atoms with Gasteiger partial charge in [0.15, 0.2) is 0 Å². The van der Waals surface area contributed by atoms with Gasteiger partial charge in [0.1, 0.15) is 0 Å². The molecule has 0 aromatic carbocycles. The lowest BCUT2D eigenvalue weighted by molar-refractivity contribution is -0.130. The second kappa shape index (κ2) is 8.06. The Kier molecular flexibility index (Phi) is 7.49. The third kappa shape index (κ3) is 5.67. The van der Waals surface area contributed by atoms with Crippen LogP contribution in [0.3, 0.4) is 0 Å². The summed E-state index contributed by atoms with van der Waals surface area (Å²) in [7, 11) is 0. The van der Waals surface area contributed by atoms with E-state index in [2.05, 4.69) is 5.32 Å². The van der Waals surface area contributed by atoms with Crippen LogP contribution in [0.5, 0.6) is 0 Å². The van der Waals surface area contributed by atoms with Crippen LogP contribution in [0.25, 0.3) is 0 Å². The second-order valence-electron chi connectivity index (χ2n) is 3.53. The maximum atomic E-state index is 11.5. The van der Waals surface area contributed by atoms with Crippen molar-refractivity contribution in [3.63, 3.8) is 0 Å². The number of rotatable bonds is 8. The van der Waals surface area contributed by atoms with Crippen molar-refractivity contribution >= 4 is 11.8 Å². The molecule has 0 saturated carbocycles. The van der Waals surface area contributed by atoms with Crippen molar-refractivity contribution in [2.24, 2.45) is 11.5 Å². The quantitative estimate of drug-likeness (QED) is 0.448. The van der Waals surface area contributed by atoms with Gasteiger partial charge in [-0.05, 0) is 13.8 Å². The summed E-state index contributed by atoms with van der Waals surface area (Å²) in [6, 6.07) is -0.691. The largest absolute Gasteiger partial charge is 0.368 e. The van der Waals surface area contributed by atoms with Gasteiger partial charge in [0.2, 0.25) is 11.8 Å². The molecule has 0 fully saturated rings. The molecule has 0 spiro atoms. The first-order chi connectivity index (χ1) is 7.52. The highest BCUT2D eigenvalue weighted by molar-refractivity contribution is 5.79. The van der Waals surface area contributed by atoms with Gasteiger partial charge in [-0.2, -0.15) is 0 Å². The number of nitrogens with one attached hydrogen (secondary N) is 1. The Morgan fingerprint density at radius 2 is 1.88 bits per heavy atom. The summed E-state index contributed by atoms with van der Waals surface area (Å²) < 4.78 is 0. The molecule has 16 heavy (non-hydrogen) atoms. The Morgan fingerprint density at radius 3 is 2.31 bits per heavy atom. The average molecular weight is 230 g/mol. The number of carbonyl (C=O) groups is 2. The number of primary amides is 1. The van der Waals surface area contributed by atoms with Crippen molar-refractivity contribution in [1.82, 2.24) is 10.2 Å². The van der Waals surface area contributed by atoms with Crippen LogP contribution in [0.2, 0.25) is 0 Å². The minimum absolute atomic E-state index is 0.102. The van der Waals surface area contributed by atoms with E-state index in [0.29, 0.717) is 19.5 Å². The summed E-state index contributed by atoms with van der Waals surface area (Å²) in [4.78, 5) is 23.9. The molecule has 1 atom stereocenters. The zero-order chi connectivity index (χ0) is 12.6. The van der Waals surface area contributed by atoms with Gasteiger partial charge < -0.3 is 21.7 Å². The van der Waals surface area contributed by atoms with E-state index in [1.54, 1.807) is 4.90 Å². The smallest absolute Gasteiger partial charge is 0.235 e. The van der Waals surface area contributed by atoms with Crippen LogP contribution in [0.1, 0.15) is 20.3 Å². The number of amides is 2. The summed E-state index contributed by atoms with van der Waals surface area (Å²) in [6.07, 6.45) is 0.410. The van der Waals surface area contributed by atoms with Crippen molar-refractivity contribution in [3.8, 4) is 0 Å². The van der Waals surface area contributed by atoms with Gasteiger partial charge in [-0.1, -0.05) is 0 Å². The summed E-state index contributed by atoms with van der Waals surface area (Å²) in [5, 5.41) is 2.93. The van der Waals surface area contributed by atoms with E-state index in [1.165, 1.54) is 0 Å². The Bertz CT molecular complexity index is 229. The summed E-state index contributed by atoms with van der Waals surface area (Å²) in [5.74, 6) is -0.437. The molecule has 94 valence electrons. The first-order valence-corrected chi connectivity index (χ1v) is 5.56. The van der Waals surface area contributed by atoms with Crippen LogP contribution < -0.4 is 16.8 Å². The standard InChI is InChI=1S/C10H22N4O2/c1-3-14(4-2)9(15)5-6-13-7-8(11)10(12)16/h8,13H,3-7,11H2,1-2H3,(H2,12,16). The summed E-state index contributed by atoms with van der Waals surface area (Å²) >= 11 is 0. The molecule has 0 aliphatic carbocycles. The second-order valence-corrected chi connectivity index (χ2v) is 3.53. The van der Waals surface area contributed by atoms with Crippen LogP contribution in [-0.4, -0.2) is 48.9 Å². The maximum absolute atomic E-state index is 11.5. The van der Waals surface area contributed by atoms with Gasteiger partial charge in [0.25, 0.3) is 0 Å². The third-order valence-electron chi connectivity index (χ3n) is 2.36. The van der Waals surface area contributed by atoms with Crippen molar-refractivity contribution in [1.29, 1.82) is 0 Å². The zero-order valence-electron chi connectivity index (χ0n) is 10.0. The predicted molar refractivity (Wildman–Crippen MR) is 62.6 cm³/mol. The first-order valence-electron chi connectivity index (χ1n) is 5.56. The van der Waals surface area contributed by atoms with Gasteiger partial charge in [-0.15, -0.1) is 0 Å². The van der Waals surface area contributed by atoms with Crippen molar-refractivity contribution < 1.29 is 9.59 Å². The topological polar surface area (TPSA) is 101 Å². The van der Waals surface area contributed by atoms with E-state index in [1.807, 2.05) is 13.8 Å². The normalized spacial score (nSPS) is 12.2. The van der Waals surface area contributed by atoms with Crippen LogP contribution in [0.4, 0.5) is 0 Å². The monoisotopic (exact) mass is 230 g/mol. The molecule has 0 aliphatic rings. The van der Waals surface area contributed by atoms with E-state index in [-0.39, 0.29) is 5.91 Å². The van der Waals surface area contributed by atoms with E-state index < -0.39 is 11.9 Å². The van der Waals surface area contributed by atoms with E-state index in [4.69, 9.17) is 11.5 Å². The van der Waals surface area contributed by atoms with Gasteiger partial charge in [-0.25, -0.2) is 0 Å². The number of hydrogen-bond donors (Lipinski definition) is 3. The summed E-state index contributed by atoms with van der Waals surface area (Å²) in [5.41, 5.74) is 10.4. The van der Waals surface area contributed by atoms with Crippen molar-refractivity contribution in [2.75, 3.05) is 26.2 Å². The molecule has 5 N–H and O–H groups in total. The van der Waals surface area contributed by atoms with Gasteiger partial charge in [0.05, 0.1) is 6.04 Å². The molecule has 2 amide bonds. The average Bonchev–Trinajstić information content (AvgIpc) is 2.25. The first kappa shape index (κ1) is 14.9. The highest BCUT2D eigenvalue weighted by Crippen LogP contribution is 1.92. The molecule has 0 aromatic heterocycles. The van der Waals surface area contributed by atoms with E-state index in [0.717, 1.165) is 13.1 Å². The fraction of sp³-hybridized carbons (Fsp3) is 0.800. The minimum Gasteiger partial charge on any atom is -0.368 e. The summed E-state index contributed by atoms with van der Waals surface area (Å²) in [6.45, 7) is 6.14. The molecule has 0 saturated heterocycles. The highest BCUT2D eigenvalue weighted by atomic mass is 16.2. The third-order valence-corrected chi connectivity index (χ3v) is 2.36. The molecule has 0 rings (SSSR count). The van der Waals surface area contributed by atoms with Gasteiger partial charge in [0, 0.05) is 32.6 Å². The number of carbonyl (C=O) groups excluding carboxylic acids is 2. The maximum Gasteiger partial charge on any atom is 0.235 e. The van der Waals surface area contributed by atoms with Crippen molar-refractivity contribution in [3.05, 3.63) is 0 Å². The molecule has 0 bridgehead atoms. The lowest BCUT2D eigenvalue weighted by atomic mass is 10.3. The van der Waals surface area contributed by atoms with Crippen LogP contribution in [0.15, 0.2) is 0 Å². The molecule has 0 heterocycles. The Balaban J connectivity index is 3.66. The van der Waals surface area contributed by atoms with Crippen molar-refractivity contribution in [2.45, 2.75) is 26.3 Å². The fourth-order valence-corrected chi connectivity index (χ4v) is 1.29. The number of hydrogen-bond acceptors (Lipinski definition) is 4. The van der Waals surface area contributed by atoms with Gasteiger partial charge >= 0.3 is 0 Å². The zero-order valence-corrected chi connectivity index (χ0v) is 10.0. The number of nitrogens with two attached hydrogens (primary N) is 2. The van der Waals surface area contributed by atoms with E-state index in [9.17, 15) is 9.59 Å². The van der Waals surface area contributed by atoms with Crippen LogP contribution in [0, 0.1) is 0 Å². The molecule has 1 unspecified atom stereocenters. The Morgan fingerprint density at radius 1 is 1.31 bits per heavy atom. The minimum atomic E-state index is -0.691. The Hall–Kier alpha value is -1.14. The molecule has 0 aliphatic heterocycles. The lowest BCUT2D eigenvalue weighted by Gasteiger charge is -2.18. The SMILES string of the molecule is CCN(CC)C(=O)CCNCC(N)C(N)=O. The van der Waals surface area contributed by atoms with Gasteiger partial charge in [-0.3, -0.25) is 9.59 Å². The lowest BCUT2D eigenvalue weighted by Crippen LogP contribution is -2.45. The number of nitrogens with zero attached hydrogens (tertiary/aromatic N) is 1. The molecule has 0 aromatic rings. The molecule has 6 heteroatoms. The molecule has 0 radical (unpaired) electrons. The molecular formula is C10H22N4O2. The fourth-order valence-electron chi connectivity index (χ4n) is 1.29. The highest BCUT2D eigenvalue weighted by Gasteiger charge is 2.10. The molecule has 6 nitrogen and oxygen atoms in total. The van der Waals surface area contributed by atoms with Crippen LogP contribution in [-0.2, 0) is 9.59 Å². The van der Waals surface area contributed by atoms with E-state index >= 15 is 0 Å². The van der Waals surface area contributed by atoms with Crippen LogP contribution >= 0.6 is 0 Å². The molecular weight excluding hydrogens is 208 g/mol. The predicted octanol–water partition coefficient (Wildman–Crippen LogP) is -1.35.